The van der Waals surface area contributed by atoms with Crippen LogP contribution in [0.15, 0.2) is 59.7 Å². The van der Waals surface area contributed by atoms with Crippen molar-refractivity contribution in [3.05, 3.63) is 76.5 Å². The molecule has 63 heavy (non-hydrogen) atoms. The number of anilines is 1. The zero-order chi connectivity index (χ0) is 44.1. The van der Waals surface area contributed by atoms with Gasteiger partial charge in [-0.2, -0.15) is 18.2 Å². The van der Waals surface area contributed by atoms with Gasteiger partial charge in [0.2, 0.25) is 17.8 Å². The number of hydrogen-bond donors (Lipinski definition) is 5. The fraction of sp³-hybridized carbons (Fsp3) is 0.489. The number of carbonyl (C=O) groups is 2. The molecule has 18 heteroatoms. The van der Waals surface area contributed by atoms with Gasteiger partial charge in [0, 0.05) is 100 Å². The molecule has 5 aromatic rings. The first-order chi connectivity index (χ1) is 30.4. The Morgan fingerprint density at radius 3 is 2.54 bits per heavy atom. The van der Waals surface area contributed by atoms with E-state index < -0.39 is 24.5 Å². The molecule has 2 aromatic carbocycles. The number of ether oxygens (including phenoxy) is 1. The Labute approximate surface area is 362 Å². The Balaban J connectivity index is 0.737. The summed E-state index contributed by atoms with van der Waals surface area (Å²) in [6, 6.07) is 13.6. The molecule has 1 saturated carbocycles. The topological polar surface area (TPSA) is 173 Å². The first kappa shape index (κ1) is 44.0. The second-order valence-corrected chi connectivity index (χ2v) is 16.7. The van der Waals surface area contributed by atoms with Crippen molar-refractivity contribution in [2.24, 2.45) is 7.05 Å². The van der Waals surface area contributed by atoms with Gasteiger partial charge in [0.15, 0.2) is 0 Å². The number of carbonyl (C=O) groups excluding carboxylic acids is 2. The summed E-state index contributed by atoms with van der Waals surface area (Å²) < 4.78 is 49.1. The molecule has 0 unspecified atom stereocenters. The van der Waals surface area contributed by atoms with Crippen LogP contribution in [0.25, 0.3) is 33.2 Å². The van der Waals surface area contributed by atoms with Crippen molar-refractivity contribution in [1.82, 2.24) is 44.5 Å². The number of likely N-dealkylation sites (tertiary alicyclic amines) is 1. The molecule has 5 heterocycles. The molecule has 8 rings (SSSR count). The van der Waals surface area contributed by atoms with Crippen molar-refractivity contribution in [3.8, 4) is 23.0 Å². The largest absolute Gasteiger partial charge is 0.393 e. The van der Waals surface area contributed by atoms with Crippen molar-refractivity contribution in [2.75, 3.05) is 57.8 Å². The first-order valence-electron chi connectivity index (χ1n) is 21.6. The number of fused-ring (bicyclic) bond motifs is 2. The minimum absolute atomic E-state index is 0.127. The standard InChI is InChI=1S/C45H53F3N10O5/c1-55-39-23-29(6-13-37(39)58(44(55)62)38-14-15-40(60)53-42(38)61)3-2-21-63-22-20-56-26-32(27-56)50-19-18-49-24-30-4-7-31(8-5-30)36-28-57(33-9-11-34(59)12-10-33)41-35(36)25-52-43(54-41)51-17-16-45(46,47)48/h4-8,13,23,25,28,32-34,38,49-50,59H,9-12,14-22,24,26-27H2,1H3,(H,51,52,54)(H,53,60,61)/t33?,34?,38-/m0/s1. The lowest BCUT2D eigenvalue weighted by Gasteiger charge is -2.39. The van der Waals surface area contributed by atoms with Crippen LogP contribution in [0.2, 0.25) is 0 Å². The number of aryl methyl sites for hydroxylation is 1. The van der Waals surface area contributed by atoms with Crippen LogP contribution in [0.5, 0.6) is 0 Å². The van der Waals surface area contributed by atoms with Crippen LogP contribution in [0.3, 0.4) is 0 Å². The van der Waals surface area contributed by atoms with E-state index in [0.29, 0.717) is 48.7 Å². The number of halogens is 3. The third kappa shape index (κ3) is 10.6. The number of nitrogens with zero attached hydrogens (tertiary/aromatic N) is 6. The maximum atomic E-state index is 13.0. The van der Waals surface area contributed by atoms with E-state index in [-0.39, 0.29) is 55.7 Å². The molecule has 2 aliphatic heterocycles. The Morgan fingerprint density at radius 1 is 0.984 bits per heavy atom. The average molecular weight is 871 g/mol. The van der Waals surface area contributed by atoms with E-state index in [0.717, 1.165) is 73.2 Å². The summed E-state index contributed by atoms with van der Waals surface area (Å²) >= 11 is 0. The maximum absolute atomic E-state index is 13.0. The third-order valence-electron chi connectivity index (χ3n) is 12.2. The van der Waals surface area contributed by atoms with Crippen molar-refractivity contribution >= 4 is 39.8 Å². The fourth-order valence-corrected chi connectivity index (χ4v) is 8.68. The monoisotopic (exact) mass is 870 g/mol. The second-order valence-electron chi connectivity index (χ2n) is 16.7. The lowest BCUT2D eigenvalue weighted by atomic mass is 9.93. The van der Waals surface area contributed by atoms with Crippen LogP contribution >= 0.6 is 0 Å². The van der Waals surface area contributed by atoms with E-state index in [2.05, 4.69) is 83.0 Å². The predicted octanol–water partition coefficient (Wildman–Crippen LogP) is 4.00. The van der Waals surface area contributed by atoms with E-state index in [1.165, 1.54) is 9.13 Å². The molecule has 2 amide bonds. The van der Waals surface area contributed by atoms with Gasteiger partial charge in [-0.3, -0.25) is 28.9 Å². The van der Waals surface area contributed by atoms with Crippen LogP contribution in [-0.2, 0) is 27.9 Å². The number of alkyl halides is 3. The van der Waals surface area contributed by atoms with Crippen molar-refractivity contribution < 1.29 is 32.6 Å². The molecule has 3 aromatic heterocycles. The number of aromatic nitrogens is 5. The lowest BCUT2D eigenvalue weighted by Crippen LogP contribution is -2.59. The van der Waals surface area contributed by atoms with Crippen LogP contribution < -0.4 is 27.0 Å². The molecule has 2 saturated heterocycles. The molecule has 0 radical (unpaired) electrons. The summed E-state index contributed by atoms with van der Waals surface area (Å²) in [5, 5.41) is 23.1. The molecule has 5 N–H and O–H groups in total. The molecule has 0 spiro atoms. The van der Waals surface area contributed by atoms with E-state index >= 15 is 0 Å². The number of rotatable bonds is 16. The number of aliphatic hydroxyl groups excluding tert-OH is 1. The summed E-state index contributed by atoms with van der Waals surface area (Å²) in [6.45, 7) is 5.64. The fourth-order valence-electron chi connectivity index (χ4n) is 8.68. The SMILES string of the molecule is Cn1c(=O)n([C@H]2CCC(=O)NC2=O)c2ccc(C#CCOCCN3CC(NCCNCc4ccc(-c5cn(C6CCC(O)CC6)c6nc(NCCC(F)(F)F)ncc56)cc4)C3)cc21. The maximum Gasteiger partial charge on any atom is 0.390 e. The first-order valence-corrected chi connectivity index (χ1v) is 21.6. The quantitative estimate of drug-likeness (QED) is 0.0552. The molecule has 15 nitrogen and oxygen atoms in total. The molecule has 0 bridgehead atoms. The smallest absolute Gasteiger partial charge is 0.390 e. The van der Waals surface area contributed by atoms with Crippen LogP contribution in [0, 0.1) is 11.8 Å². The Morgan fingerprint density at radius 2 is 1.78 bits per heavy atom. The van der Waals surface area contributed by atoms with Crippen molar-refractivity contribution in [3.63, 3.8) is 0 Å². The molecule has 3 aliphatic rings. The number of imidazole rings is 1. The van der Waals surface area contributed by atoms with Gasteiger partial charge in [-0.25, -0.2) is 9.78 Å². The zero-order valence-electron chi connectivity index (χ0n) is 35.2. The number of piperidine rings is 1. The van der Waals surface area contributed by atoms with Crippen molar-refractivity contribution in [2.45, 2.75) is 81.9 Å². The summed E-state index contributed by atoms with van der Waals surface area (Å²) in [5.41, 5.74) is 5.47. The number of hydrogen-bond acceptors (Lipinski definition) is 11. The molecule has 1 atom stereocenters. The summed E-state index contributed by atoms with van der Waals surface area (Å²) in [7, 11) is 1.66. The lowest BCUT2D eigenvalue weighted by molar-refractivity contribution is -0.136. The highest BCUT2D eigenvalue weighted by Crippen LogP contribution is 2.37. The summed E-state index contributed by atoms with van der Waals surface area (Å²) in [4.78, 5) is 48.4. The highest BCUT2D eigenvalue weighted by atomic mass is 19.4. The minimum Gasteiger partial charge on any atom is -0.393 e. The zero-order valence-corrected chi connectivity index (χ0v) is 35.2. The summed E-state index contributed by atoms with van der Waals surface area (Å²) in [5.74, 6) is 5.52. The van der Waals surface area contributed by atoms with Gasteiger partial charge in [-0.1, -0.05) is 36.1 Å². The minimum atomic E-state index is -4.27. The van der Waals surface area contributed by atoms with Gasteiger partial charge in [0.25, 0.3) is 0 Å². The normalized spacial score (nSPS) is 19.9. The highest BCUT2D eigenvalue weighted by Gasteiger charge is 2.32. The molecule has 334 valence electrons. The van der Waals surface area contributed by atoms with E-state index in [4.69, 9.17) is 4.74 Å². The number of benzene rings is 2. The van der Waals surface area contributed by atoms with Crippen LogP contribution in [0.1, 0.15) is 68.2 Å². The van der Waals surface area contributed by atoms with Gasteiger partial charge in [-0.05, 0) is 61.4 Å². The Kier molecular flexibility index (Phi) is 13.6. The number of aliphatic hydroxyl groups is 1. The Bertz CT molecular complexity index is 2540. The number of nitrogens with one attached hydrogen (secondary N) is 4. The van der Waals surface area contributed by atoms with E-state index in [1.54, 1.807) is 19.3 Å². The van der Waals surface area contributed by atoms with E-state index in [9.17, 15) is 32.7 Å². The Hall–Kier alpha value is -5.58. The highest BCUT2D eigenvalue weighted by molar-refractivity contribution is 6.00. The molecular weight excluding hydrogens is 818 g/mol. The van der Waals surface area contributed by atoms with Gasteiger partial charge < -0.3 is 30.4 Å². The number of imide groups is 1. The number of amides is 2. The van der Waals surface area contributed by atoms with Gasteiger partial charge in [0.1, 0.15) is 18.3 Å². The van der Waals surface area contributed by atoms with Crippen molar-refractivity contribution in [1.29, 1.82) is 0 Å². The molecule has 1 aliphatic carbocycles. The van der Waals surface area contributed by atoms with Crippen LogP contribution in [0.4, 0.5) is 19.1 Å². The average Bonchev–Trinajstić information content (AvgIpc) is 3.74. The third-order valence-corrected chi connectivity index (χ3v) is 12.2. The molecular formula is C45H53F3N10O5. The van der Waals surface area contributed by atoms with Crippen LogP contribution in [-0.4, -0.2) is 116 Å². The summed E-state index contributed by atoms with van der Waals surface area (Å²) in [6.07, 6.45) is 1.62. The van der Waals surface area contributed by atoms with Gasteiger partial charge in [0.05, 0.1) is 30.2 Å². The molecule has 3 fully saturated rings. The van der Waals surface area contributed by atoms with Gasteiger partial charge >= 0.3 is 11.9 Å². The van der Waals surface area contributed by atoms with Gasteiger partial charge in [-0.15, -0.1) is 0 Å². The second kappa shape index (κ2) is 19.4. The predicted molar refractivity (Wildman–Crippen MR) is 232 cm³/mol. The van der Waals surface area contributed by atoms with E-state index in [1.807, 2.05) is 12.1 Å².